The number of para-hydroxylation sites is 1. The van der Waals surface area contributed by atoms with E-state index in [9.17, 15) is 24.5 Å². The molecule has 0 bridgehead atoms. The number of fused-ring (bicyclic) bond motifs is 2. The van der Waals surface area contributed by atoms with Crippen LogP contribution in [0.1, 0.15) is 47.4 Å². The van der Waals surface area contributed by atoms with Crippen molar-refractivity contribution in [3.8, 4) is 0 Å². The number of rotatable bonds is 7. The number of hydrogen-bond acceptors (Lipinski definition) is 7. The Labute approximate surface area is 204 Å². The number of hydrogen-bond donors (Lipinski definition) is 0. The van der Waals surface area contributed by atoms with Crippen molar-refractivity contribution < 1.29 is 19.2 Å². The zero-order valence-corrected chi connectivity index (χ0v) is 19.7. The molecule has 0 fully saturated rings. The molecule has 0 unspecified atom stereocenters. The van der Waals surface area contributed by atoms with Crippen molar-refractivity contribution >= 4 is 34.2 Å². The second-order valence-electron chi connectivity index (χ2n) is 7.88. The fourth-order valence-corrected chi connectivity index (χ4v) is 3.86. The van der Waals surface area contributed by atoms with Crippen molar-refractivity contribution in [3.05, 3.63) is 91.8 Å². The monoisotopic (exact) mass is 489 g/mol. The van der Waals surface area contributed by atoms with Crippen LogP contribution in [-0.2, 0) is 11.3 Å². The van der Waals surface area contributed by atoms with Crippen molar-refractivity contribution in [1.29, 1.82) is 0 Å². The topological polar surface area (TPSA) is 138 Å². The molecular weight excluding hydrogens is 466 g/mol. The Kier molecular flexibility index (Phi) is 7.00. The van der Waals surface area contributed by atoms with E-state index in [0.717, 1.165) is 6.42 Å². The van der Waals surface area contributed by atoms with Gasteiger partial charge in [-0.2, -0.15) is 4.99 Å². The Bertz CT molecular complexity index is 1640. The number of ether oxygens (including phenoxy) is 1. The predicted molar refractivity (Wildman–Crippen MR) is 131 cm³/mol. The van der Waals surface area contributed by atoms with E-state index >= 15 is 0 Å². The van der Waals surface area contributed by atoms with E-state index in [-0.39, 0.29) is 34.3 Å². The number of nitro groups is 1. The highest BCUT2D eigenvalue weighted by molar-refractivity contribution is 6.00. The van der Waals surface area contributed by atoms with Gasteiger partial charge in [-0.15, -0.1) is 0 Å². The molecule has 4 aromatic rings. The zero-order valence-electron chi connectivity index (χ0n) is 19.7. The average molecular weight is 489 g/mol. The Morgan fingerprint density at radius 3 is 2.58 bits per heavy atom. The lowest BCUT2D eigenvalue weighted by atomic mass is 10.1. The number of carbonyl (C=O) groups is 2. The Morgan fingerprint density at radius 2 is 1.86 bits per heavy atom. The Morgan fingerprint density at radius 1 is 1.11 bits per heavy atom. The molecular formula is C25H23N5O6. The molecule has 0 aliphatic carbocycles. The number of benzene rings is 1. The van der Waals surface area contributed by atoms with Gasteiger partial charge >= 0.3 is 5.97 Å². The standard InChI is InChI=1S/C25H23N5O6/c1-3-5-13-29-21-17(24(32)28-14-9-8-12-20(28)26-21)15-18(25(33)36-4-2)22(29)27-23(31)16-10-6-7-11-19(16)30(34)35/h6-12,14-15H,3-5,13H2,1-2H3. The molecule has 0 saturated carbocycles. The second-order valence-corrected chi connectivity index (χ2v) is 7.88. The largest absolute Gasteiger partial charge is 0.462 e. The van der Waals surface area contributed by atoms with Crippen molar-refractivity contribution in [1.82, 2.24) is 14.0 Å². The summed E-state index contributed by atoms with van der Waals surface area (Å²) in [6, 6.07) is 11.8. The van der Waals surface area contributed by atoms with Gasteiger partial charge in [-0.05, 0) is 37.6 Å². The summed E-state index contributed by atoms with van der Waals surface area (Å²) in [4.78, 5) is 59.0. The third-order valence-corrected chi connectivity index (χ3v) is 5.56. The Hall–Kier alpha value is -4.67. The minimum absolute atomic E-state index is 0.0539. The van der Waals surface area contributed by atoms with E-state index in [4.69, 9.17) is 4.74 Å². The molecule has 0 radical (unpaired) electrons. The van der Waals surface area contributed by atoms with Gasteiger partial charge in [-0.1, -0.05) is 31.5 Å². The van der Waals surface area contributed by atoms with Gasteiger partial charge < -0.3 is 9.30 Å². The van der Waals surface area contributed by atoms with Crippen molar-refractivity contribution in [2.75, 3.05) is 6.61 Å². The summed E-state index contributed by atoms with van der Waals surface area (Å²) in [6.07, 6.45) is 2.97. The molecule has 0 N–H and O–H groups in total. The molecule has 0 aliphatic heterocycles. The number of aryl methyl sites for hydroxylation is 1. The highest BCUT2D eigenvalue weighted by Crippen LogP contribution is 2.19. The van der Waals surface area contributed by atoms with Gasteiger partial charge in [0.2, 0.25) is 0 Å². The second kappa shape index (κ2) is 10.3. The van der Waals surface area contributed by atoms with E-state index < -0.39 is 28.0 Å². The van der Waals surface area contributed by atoms with Crippen LogP contribution in [0.25, 0.3) is 16.7 Å². The summed E-state index contributed by atoms with van der Waals surface area (Å²) < 4.78 is 8.08. The van der Waals surface area contributed by atoms with Crippen LogP contribution >= 0.6 is 0 Å². The molecule has 0 aliphatic rings. The van der Waals surface area contributed by atoms with Crippen LogP contribution in [0.3, 0.4) is 0 Å². The lowest BCUT2D eigenvalue weighted by Gasteiger charge is -2.15. The molecule has 0 atom stereocenters. The maximum atomic E-state index is 13.3. The maximum absolute atomic E-state index is 13.3. The van der Waals surface area contributed by atoms with Crippen LogP contribution in [0.5, 0.6) is 0 Å². The smallest absolute Gasteiger partial charge is 0.341 e. The van der Waals surface area contributed by atoms with Crippen molar-refractivity contribution in [2.45, 2.75) is 33.2 Å². The molecule has 3 heterocycles. The van der Waals surface area contributed by atoms with Crippen LogP contribution in [0, 0.1) is 10.1 Å². The van der Waals surface area contributed by atoms with Crippen molar-refractivity contribution in [3.63, 3.8) is 0 Å². The molecule has 3 aromatic heterocycles. The fourth-order valence-electron chi connectivity index (χ4n) is 3.86. The minimum Gasteiger partial charge on any atom is -0.462 e. The van der Waals surface area contributed by atoms with E-state index in [1.54, 1.807) is 31.3 Å². The van der Waals surface area contributed by atoms with Gasteiger partial charge in [0.25, 0.3) is 17.2 Å². The molecule has 184 valence electrons. The highest BCUT2D eigenvalue weighted by Gasteiger charge is 2.23. The van der Waals surface area contributed by atoms with E-state index in [0.29, 0.717) is 18.6 Å². The van der Waals surface area contributed by atoms with Gasteiger partial charge in [0, 0.05) is 18.8 Å². The lowest BCUT2D eigenvalue weighted by Crippen LogP contribution is -2.33. The number of pyridine rings is 2. The average Bonchev–Trinajstić information content (AvgIpc) is 2.88. The molecule has 11 nitrogen and oxygen atoms in total. The predicted octanol–water partition coefficient (Wildman–Crippen LogP) is 3.28. The summed E-state index contributed by atoms with van der Waals surface area (Å²) in [6.45, 7) is 3.94. The Balaban J connectivity index is 2.12. The van der Waals surface area contributed by atoms with E-state index in [1.807, 2.05) is 6.92 Å². The molecule has 4 rings (SSSR count). The summed E-state index contributed by atoms with van der Waals surface area (Å²) >= 11 is 0. The van der Waals surface area contributed by atoms with Gasteiger partial charge in [0.15, 0.2) is 5.49 Å². The molecule has 11 heteroatoms. The van der Waals surface area contributed by atoms with Crippen LogP contribution in [0.2, 0.25) is 0 Å². The number of unbranched alkanes of at least 4 members (excludes halogenated alkanes) is 1. The zero-order chi connectivity index (χ0) is 25.8. The first-order valence-corrected chi connectivity index (χ1v) is 11.4. The number of carbonyl (C=O) groups excluding carboxylic acids is 2. The summed E-state index contributed by atoms with van der Waals surface area (Å²) in [5.74, 6) is -1.69. The summed E-state index contributed by atoms with van der Waals surface area (Å²) in [5, 5.41) is 11.6. The SMILES string of the molecule is CCCCn1c(=NC(=O)c2ccccc2[N+](=O)[O-])c(C(=O)OCC)cc2c(=O)n3ccccc3nc21. The molecule has 0 spiro atoms. The third kappa shape index (κ3) is 4.50. The first-order chi connectivity index (χ1) is 17.4. The van der Waals surface area contributed by atoms with Crippen LogP contribution in [0.4, 0.5) is 5.69 Å². The molecule has 1 aromatic carbocycles. The fraction of sp³-hybridized carbons (Fsp3) is 0.240. The number of esters is 1. The first-order valence-electron chi connectivity index (χ1n) is 11.4. The number of amides is 1. The molecule has 0 saturated heterocycles. The normalized spacial score (nSPS) is 11.7. The lowest BCUT2D eigenvalue weighted by molar-refractivity contribution is -0.385. The number of aromatic nitrogens is 3. The summed E-state index contributed by atoms with van der Waals surface area (Å²) in [7, 11) is 0. The quantitative estimate of drug-likeness (QED) is 0.168. The van der Waals surface area contributed by atoms with Gasteiger partial charge in [-0.25, -0.2) is 9.78 Å². The third-order valence-electron chi connectivity index (χ3n) is 5.56. The minimum atomic E-state index is -0.907. The van der Waals surface area contributed by atoms with Crippen LogP contribution in [0.15, 0.2) is 64.5 Å². The number of nitro benzene ring substituents is 1. The van der Waals surface area contributed by atoms with Gasteiger partial charge in [-0.3, -0.25) is 24.1 Å². The van der Waals surface area contributed by atoms with E-state index in [2.05, 4.69) is 9.98 Å². The number of nitrogens with zero attached hydrogens (tertiary/aromatic N) is 5. The molecule has 1 amide bonds. The van der Waals surface area contributed by atoms with Crippen LogP contribution < -0.4 is 11.0 Å². The van der Waals surface area contributed by atoms with Gasteiger partial charge in [0.1, 0.15) is 22.4 Å². The summed E-state index contributed by atoms with van der Waals surface area (Å²) in [5.41, 5.74) is -0.616. The van der Waals surface area contributed by atoms with Gasteiger partial charge in [0.05, 0.1) is 16.9 Å². The van der Waals surface area contributed by atoms with Crippen molar-refractivity contribution in [2.24, 2.45) is 4.99 Å². The highest BCUT2D eigenvalue weighted by atomic mass is 16.6. The maximum Gasteiger partial charge on any atom is 0.341 e. The van der Waals surface area contributed by atoms with E-state index in [1.165, 1.54) is 39.3 Å². The molecule has 36 heavy (non-hydrogen) atoms. The first kappa shape index (κ1) is 24.5. The van der Waals surface area contributed by atoms with Crippen LogP contribution in [-0.4, -0.2) is 37.4 Å².